The normalized spacial score (nSPS) is 18.1. The Morgan fingerprint density at radius 3 is 2.44 bits per heavy atom. The van der Waals surface area contributed by atoms with Gasteiger partial charge in [0.25, 0.3) is 5.56 Å². The van der Waals surface area contributed by atoms with E-state index in [4.69, 9.17) is 4.98 Å². The summed E-state index contributed by atoms with van der Waals surface area (Å²) in [6, 6.07) is 20.2. The lowest BCUT2D eigenvalue weighted by Crippen LogP contribution is -2.40. The quantitative estimate of drug-likeness (QED) is 0.365. The van der Waals surface area contributed by atoms with Crippen LogP contribution in [-0.4, -0.2) is 44.5 Å². The highest BCUT2D eigenvalue weighted by Gasteiger charge is 2.28. The van der Waals surface area contributed by atoms with Crippen LogP contribution in [0.15, 0.2) is 75.5 Å². The van der Waals surface area contributed by atoms with Gasteiger partial charge < -0.3 is 4.90 Å². The third-order valence-electron chi connectivity index (χ3n) is 6.55. The van der Waals surface area contributed by atoms with Crippen LogP contribution in [0, 0.1) is 5.92 Å². The number of benzene rings is 2. The lowest BCUT2D eigenvalue weighted by molar-refractivity contribution is -0.129. The third-order valence-corrected chi connectivity index (χ3v) is 8.69. The second kappa shape index (κ2) is 10.4. The van der Waals surface area contributed by atoms with Crippen molar-refractivity contribution in [2.75, 3.05) is 18.8 Å². The second-order valence-electron chi connectivity index (χ2n) is 9.08. The van der Waals surface area contributed by atoms with Crippen LogP contribution in [0.25, 0.3) is 5.69 Å². The summed E-state index contributed by atoms with van der Waals surface area (Å²) in [5, 5.41) is 0.954. The average Bonchev–Trinajstić information content (AvgIpc) is 3.25. The van der Waals surface area contributed by atoms with Crippen molar-refractivity contribution in [1.29, 1.82) is 0 Å². The maximum atomic E-state index is 13.4. The van der Waals surface area contributed by atoms with Crippen molar-refractivity contribution >= 4 is 29.4 Å². The van der Waals surface area contributed by atoms with Crippen LogP contribution in [0.2, 0.25) is 0 Å². The van der Waals surface area contributed by atoms with E-state index in [-0.39, 0.29) is 11.5 Å². The van der Waals surface area contributed by atoms with Crippen molar-refractivity contribution < 1.29 is 4.79 Å². The first-order valence-electron chi connectivity index (χ1n) is 11.9. The highest BCUT2D eigenvalue weighted by Crippen LogP contribution is 2.35. The molecule has 176 valence electrons. The van der Waals surface area contributed by atoms with Gasteiger partial charge in [0, 0.05) is 24.8 Å². The minimum atomic E-state index is -0.0257. The summed E-state index contributed by atoms with van der Waals surface area (Å²) >= 11 is 2.98. The first-order valence-corrected chi connectivity index (χ1v) is 13.8. The molecule has 5 nitrogen and oxygen atoms in total. The summed E-state index contributed by atoms with van der Waals surface area (Å²) in [6.45, 7) is 3.72. The van der Waals surface area contributed by atoms with E-state index in [9.17, 15) is 9.59 Å². The molecule has 3 aromatic rings. The van der Waals surface area contributed by atoms with E-state index in [0.29, 0.717) is 22.1 Å². The van der Waals surface area contributed by atoms with E-state index >= 15 is 0 Å². The number of fused-ring (bicyclic) bond motifs is 1. The molecule has 0 N–H and O–H groups in total. The molecule has 0 bridgehead atoms. The van der Waals surface area contributed by atoms with Crippen molar-refractivity contribution in [3.05, 3.63) is 82.3 Å². The first kappa shape index (κ1) is 23.2. The van der Waals surface area contributed by atoms with Gasteiger partial charge in [0.05, 0.1) is 22.0 Å². The molecule has 1 atom stereocenters. The Bertz CT molecular complexity index is 1210. The first-order chi connectivity index (χ1) is 16.6. The monoisotopic (exact) mass is 491 g/mol. The lowest BCUT2D eigenvalue weighted by atomic mass is 9.90. The van der Waals surface area contributed by atoms with Crippen LogP contribution in [0.1, 0.15) is 31.0 Å². The highest BCUT2D eigenvalue weighted by atomic mass is 32.2. The van der Waals surface area contributed by atoms with Crippen LogP contribution in [0.3, 0.4) is 0 Å². The predicted molar refractivity (Wildman–Crippen MR) is 139 cm³/mol. The third kappa shape index (κ3) is 5.10. The van der Waals surface area contributed by atoms with Gasteiger partial charge in [0.2, 0.25) is 5.91 Å². The maximum absolute atomic E-state index is 13.4. The molecule has 0 spiro atoms. The number of rotatable bonds is 6. The number of carbonyl (C=O) groups excluding carboxylic acids is 1. The van der Waals surface area contributed by atoms with Crippen LogP contribution in [-0.2, 0) is 17.6 Å². The van der Waals surface area contributed by atoms with Gasteiger partial charge in [-0.15, -0.1) is 11.8 Å². The molecular weight excluding hydrogens is 462 g/mol. The highest BCUT2D eigenvalue weighted by molar-refractivity contribution is 8.00. The Morgan fingerprint density at radius 2 is 1.74 bits per heavy atom. The van der Waals surface area contributed by atoms with Crippen molar-refractivity contribution in [3.63, 3.8) is 0 Å². The SMILES string of the molecule is CC1Cc2nc(SCC(=O)N3CCC(Cc4ccccc4)CC3)n(-c3ccccc3)c(=O)c2S1. The Morgan fingerprint density at radius 1 is 1.06 bits per heavy atom. The summed E-state index contributed by atoms with van der Waals surface area (Å²) in [5.74, 6) is 1.05. The number of hydrogen-bond acceptors (Lipinski definition) is 5. The molecule has 0 aliphatic carbocycles. The molecule has 2 aromatic carbocycles. The molecule has 2 aliphatic rings. The fourth-order valence-corrected chi connectivity index (χ4v) is 6.78. The largest absolute Gasteiger partial charge is 0.342 e. The number of hydrogen-bond donors (Lipinski definition) is 0. The number of likely N-dealkylation sites (tertiary alicyclic amines) is 1. The number of carbonyl (C=O) groups is 1. The van der Waals surface area contributed by atoms with E-state index < -0.39 is 0 Å². The molecule has 3 heterocycles. The van der Waals surface area contributed by atoms with Crippen LogP contribution < -0.4 is 5.56 Å². The second-order valence-corrected chi connectivity index (χ2v) is 11.5. The minimum Gasteiger partial charge on any atom is -0.342 e. The molecule has 5 rings (SSSR count). The zero-order valence-corrected chi connectivity index (χ0v) is 21.0. The smallest absolute Gasteiger partial charge is 0.272 e. The summed E-state index contributed by atoms with van der Waals surface area (Å²) < 4.78 is 1.67. The van der Waals surface area contributed by atoms with Crippen LogP contribution >= 0.6 is 23.5 Å². The van der Waals surface area contributed by atoms with Crippen LogP contribution in [0.5, 0.6) is 0 Å². The zero-order chi connectivity index (χ0) is 23.5. The van der Waals surface area contributed by atoms with Crippen molar-refractivity contribution in [1.82, 2.24) is 14.5 Å². The molecule has 7 heteroatoms. The topological polar surface area (TPSA) is 55.2 Å². The number of aromatic nitrogens is 2. The maximum Gasteiger partial charge on any atom is 0.272 e. The standard InChI is InChI=1S/C27H29N3O2S2/c1-19-16-23-25(34-19)26(32)30(22-10-6-3-7-11-22)27(28-23)33-18-24(31)29-14-12-21(13-15-29)17-20-8-4-2-5-9-20/h2-11,19,21H,12-18H2,1H3. The van der Waals surface area contributed by atoms with E-state index in [0.717, 1.165) is 55.0 Å². The fourth-order valence-electron chi connectivity index (χ4n) is 4.75. The van der Waals surface area contributed by atoms with Crippen LogP contribution in [0.4, 0.5) is 0 Å². The summed E-state index contributed by atoms with van der Waals surface area (Å²) in [4.78, 5) is 34.0. The molecule has 1 fully saturated rings. The number of para-hydroxylation sites is 1. The number of amides is 1. The predicted octanol–water partition coefficient (Wildman–Crippen LogP) is 4.84. The lowest BCUT2D eigenvalue weighted by Gasteiger charge is -2.32. The Hall–Kier alpha value is -2.51. The molecule has 1 aromatic heterocycles. The van der Waals surface area contributed by atoms with Gasteiger partial charge in [-0.2, -0.15) is 0 Å². The summed E-state index contributed by atoms with van der Waals surface area (Å²) in [6.07, 6.45) is 3.94. The van der Waals surface area contributed by atoms with Gasteiger partial charge in [-0.25, -0.2) is 4.98 Å². The van der Waals surface area contributed by atoms with Gasteiger partial charge in [0.15, 0.2) is 5.16 Å². The van der Waals surface area contributed by atoms with Gasteiger partial charge in [-0.3, -0.25) is 14.2 Å². The average molecular weight is 492 g/mol. The van der Waals surface area contributed by atoms with E-state index in [1.807, 2.05) is 35.2 Å². The van der Waals surface area contributed by atoms with Gasteiger partial charge in [-0.05, 0) is 42.9 Å². The Kier molecular flexibility index (Phi) is 7.11. The Balaban J connectivity index is 1.26. The van der Waals surface area contributed by atoms with Gasteiger partial charge in [-0.1, -0.05) is 67.2 Å². The number of piperidine rings is 1. The molecule has 34 heavy (non-hydrogen) atoms. The summed E-state index contributed by atoms with van der Waals surface area (Å²) in [5.41, 5.74) is 3.00. The van der Waals surface area contributed by atoms with E-state index in [1.165, 1.54) is 17.3 Å². The number of thioether (sulfide) groups is 2. The minimum absolute atomic E-state index is 0.0257. The van der Waals surface area contributed by atoms with Crippen molar-refractivity contribution in [2.24, 2.45) is 5.92 Å². The van der Waals surface area contributed by atoms with Gasteiger partial charge in [0.1, 0.15) is 0 Å². The Labute approximate surface area is 209 Å². The fraction of sp³-hybridized carbons (Fsp3) is 0.370. The molecular formula is C27H29N3O2S2. The number of nitrogens with zero attached hydrogens (tertiary/aromatic N) is 3. The molecule has 1 saturated heterocycles. The van der Waals surface area contributed by atoms with Gasteiger partial charge >= 0.3 is 0 Å². The van der Waals surface area contributed by atoms with Crippen molar-refractivity contribution in [3.8, 4) is 5.69 Å². The zero-order valence-electron chi connectivity index (χ0n) is 19.4. The van der Waals surface area contributed by atoms with E-state index in [1.54, 1.807) is 16.3 Å². The molecule has 2 aliphatic heterocycles. The van der Waals surface area contributed by atoms with Crippen molar-refractivity contribution in [2.45, 2.75) is 47.9 Å². The molecule has 1 amide bonds. The van der Waals surface area contributed by atoms with E-state index in [2.05, 4.69) is 37.3 Å². The molecule has 0 radical (unpaired) electrons. The molecule has 0 saturated carbocycles. The molecule has 1 unspecified atom stereocenters. The summed E-state index contributed by atoms with van der Waals surface area (Å²) in [7, 11) is 0.